The molecule has 1 fully saturated rings. The quantitative estimate of drug-likeness (QED) is 0.626. The van der Waals surface area contributed by atoms with Crippen molar-refractivity contribution < 1.29 is 4.84 Å². The highest BCUT2D eigenvalue weighted by Crippen LogP contribution is 2.23. The predicted molar refractivity (Wildman–Crippen MR) is 44.6 cm³/mol. The van der Waals surface area contributed by atoms with Crippen LogP contribution in [-0.4, -0.2) is 12.3 Å². The van der Waals surface area contributed by atoms with Crippen LogP contribution < -0.4 is 11.2 Å². The minimum absolute atomic E-state index is 0.0207. The first-order valence-electron chi connectivity index (χ1n) is 4.28. The molecule has 3 nitrogen and oxygen atoms in total. The molecule has 1 saturated heterocycles. The maximum atomic E-state index is 5.78. The highest BCUT2D eigenvalue weighted by Gasteiger charge is 2.31. The van der Waals surface area contributed by atoms with Gasteiger partial charge in [-0.2, -0.15) is 5.48 Å². The molecule has 3 unspecified atom stereocenters. The summed E-state index contributed by atoms with van der Waals surface area (Å²) in [6, 6.07) is 0. The largest absolute Gasteiger partial charge is 0.314 e. The van der Waals surface area contributed by atoms with E-state index in [0.717, 1.165) is 6.42 Å². The number of hydrogen-bond acceptors (Lipinski definition) is 3. The second kappa shape index (κ2) is 3.52. The van der Waals surface area contributed by atoms with Crippen LogP contribution >= 0.6 is 0 Å². The Morgan fingerprint density at radius 1 is 1.55 bits per heavy atom. The summed E-state index contributed by atoms with van der Waals surface area (Å²) in [6.07, 6.45) is 1.41. The van der Waals surface area contributed by atoms with Crippen LogP contribution in [0, 0.1) is 11.8 Å². The third kappa shape index (κ3) is 2.15. The molecule has 66 valence electrons. The molecule has 0 bridgehead atoms. The molecule has 1 aliphatic heterocycles. The first-order valence-corrected chi connectivity index (χ1v) is 4.28. The molecule has 1 aliphatic rings. The molecule has 1 heterocycles. The summed E-state index contributed by atoms with van der Waals surface area (Å²) in [5.41, 5.74) is 8.58. The number of nitrogens with two attached hydrogens (primary N) is 1. The molecular formula is C8H18N2O. The van der Waals surface area contributed by atoms with Crippen molar-refractivity contribution in [3.05, 3.63) is 0 Å². The number of hydrogen-bond donors (Lipinski definition) is 2. The van der Waals surface area contributed by atoms with Gasteiger partial charge in [-0.05, 0) is 19.3 Å². The molecule has 3 N–H and O–H groups in total. The third-order valence-electron chi connectivity index (χ3n) is 2.20. The molecule has 0 aromatic carbocycles. The van der Waals surface area contributed by atoms with Crippen molar-refractivity contribution in [3.63, 3.8) is 0 Å². The third-order valence-corrected chi connectivity index (χ3v) is 2.20. The van der Waals surface area contributed by atoms with Gasteiger partial charge in [-0.3, -0.25) is 4.84 Å². The van der Waals surface area contributed by atoms with Crippen LogP contribution in [0.1, 0.15) is 27.2 Å². The Balaban J connectivity index is 2.41. The fraction of sp³-hybridized carbons (Fsp3) is 1.00. The van der Waals surface area contributed by atoms with Crippen molar-refractivity contribution in [1.82, 2.24) is 5.48 Å². The van der Waals surface area contributed by atoms with Gasteiger partial charge in [-0.1, -0.05) is 13.8 Å². The van der Waals surface area contributed by atoms with E-state index in [-0.39, 0.29) is 12.3 Å². The van der Waals surface area contributed by atoms with Gasteiger partial charge in [0.2, 0.25) is 0 Å². The molecule has 0 aliphatic carbocycles. The standard InChI is InChI=1S/C8H18N2O/c1-5(2)4-7-6(3)11-10-8(7)9/h5-8,10H,4,9H2,1-3H3. The summed E-state index contributed by atoms with van der Waals surface area (Å²) in [6.45, 7) is 6.47. The van der Waals surface area contributed by atoms with Crippen molar-refractivity contribution in [3.8, 4) is 0 Å². The molecule has 0 amide bonds. The van der Waals surface area contributed by atoms with Gasteiger partial charge in [0, 0.05) is 5.92 Å². The second-order valence-electron chi connectivity index (χ2n) is 3.76. The van der Waals surface area contributed by atoms with Crippen molar-refractivity contribution in [2.75, 3.05) is 0 Å². The van der Waals surface area contributed by atoms with Crippen LogP contribution in [0.5, 0.6) is 0 Å². The number of rotatable bonds is 2. The molecule has 0 aromatic heterocycles. The molecular weight excluding hydrogens is 140 g/mol. The summed E-state index contributed by atoms with van der Waals surface area (Å²) >= 11 is 0. The Morgan fingerprint density at radius 2 is 2.18 bits per heavy atom. The monoisotopic (exact) mass is 158 g/mol. The Hall–Kier alpha value is -0.120. The molecule has 3 heteroatoms. The molecule has 0 radical (unpaired) electrons. The van der Waals surface area contributed by atoms with E-state index < -0.39 is 0 Å². The van der Waals surface area contributed by atoms with E-state index in [1.54, 1.807) is 0 Å². The normalized spacial score (nSPS) is 38.5. The average molecular weight is 158 g/mol. The smallest absolute Gasteiger partial charge is 0.0841 e. The van der Waals surface area contributed by atoms with Gasteiger partial charge >= 0.3 is 0 Å². The number of nitrogens with one attached hydrogen (secondary N) is 1. The Bertz CT molecular complexity index is 117. The molecule has 1 rings (SSSR count). The maximum absolute atomic E-state index is 5.78. The lowest BCUT2D eigenvalue weighted by Crippen LogP contribution is -2.37. The lowest BCUT2D eigenvalue weighted by molar-refractivity contribution is 0.0283. The summed E-state index contributed by atoms with van der Waals surface area (Å²) in [7, 11) is 0. The predicted octanol–water partition coefficient (Wildman–Crippen LogP) is 0.857. The van der Waals surface area contributed by atoms with E-state index in [2.05, 4.69) is 26.3 Å². The van der Waals surface area contributed by atoms with Gasteiger partial charge in [-0.25, -0.2) is 0 Å². The minimum Gasteiger partial charge on any atom is -0.314 e. The minimum atomic E-state index is 0.0207. The number of hydroxylamine groups is 1. The Morgan fingerprint density at radius 3 is 2.55 bits per heavy atom. The van der Waals surface area contributed by atoms with Gasteiger partial charge in [0.25, 0.3) is 0 Å². The first kappa shape index (κ1) is 8.97. The van der Waals surface area contributed by atoms with Gasteiger partial charge in [-0.15, -0.1) is 0 Å². The van der Waals surface area contributed by atoms with Crippen molar-refractivity contribution in [2.45, 2.75) is 39.5 Å². The lowest BCUT2D eigenvalue weighted by atomic mass is 9.91. The topological polar surface area (TPSA) is 47.3 Å². The van der Waals surface area contributed by atoms with Gasteiger partial charge in [0.15, 0.2) is 0 Å². The van der Waals surface area contributed by atoms with Gasteiger partial charge in [0.05, 0.1) is 12.3 Å². The highest BCUT2D eigenvalue weighted by molar-refractivity contribution is 4.79. The van der Waals surface area contributed by atoms with Crippen molar-refractivity contribution >= 4 is 0 Å². The fourth-order valence-electron chi connectivity index (χ4n) is 1.54. The van der Waals surface area contributed by atoms with E-state index >= 15 is 0 Å². The summed E-state index contributed by atoms with van der Waals surface area (Å²) < 4.78 is 0. The van der Waals surface area contributed by atoms with Crippen LogP contribution in [0.15, 0.2) is 0 Å². The molecule has 0 spiro atoms. The summed E-state index contributed by atoms with van der Waals surface area (Å²) in [5.74, 6) is 1.16. The summed E-state index contributed by atoms with van der Waals surface area (Å²) in [5, 5.41) is 0. The van der Waals surface area contributed by atoms with E-state index in [9.17, 15) is 0 Å². The maximum Gasteiger partial charge on any atom is 0.0841 e. The van der Waals surface area contributed by atoms with Crippen molar-refractivity contribution in [1.29, 1.82) is 0 Å². The van der Waals surface area contributed by atoms with E-state index in [4.69, 9.17) is 10.6 Å². The molecule has 3 atom stereocenters. The van der Waals surface area contributed by atoms with Gasteiger partial charge < -0.3 is 5.73 Å². The van der Waals surface area contributed by atoms with Crippen LogP contribution in [0.2, 0.25) is 0 Å². The average Bonchev–Trinajstić information content (AvgIpc) is 2.18. The zero-order valence-corrected chi connectivity index (χ0v) is 7.50. The van der Waals surface area contributed by atoms with Gasteiger partial charge in [0.1, 0.15) is 0 Å². The fourth-order valence-corrected chi connectivity index (χ4v) is 1.54. The van der Waals surface area contributed by atoms with E-state index in [1.165, 1.54) is 0 Å². The van der Waals surface area contributed by atoms with Crippen LogP contribution in [0.25, 0.3) is 0 Å². The SMILES string of the molecule is CC(C)CC1C(N)NOC1C. The molecule has 11 heavy (non-hydrogen) atoms. The second-order valence-corrected chi connectivity index (χ2v) is 3.76. The van der Waals surface area contributed by atoms with Crippen molar-refractivity contribution in [2.24, 2.45) is 17.6 Å². The van der Waals surface area contributed by atoms with Crippen LogP contribution in [0.3, 0.4) is 0 Å². The zero-order chi connectivity index (χ0) is 8.43. The van der Waals surface area contributed by atoms with E-state index in [1.807, 2.05) is 0 Å². The Kier molecular flexibility index (Phi) is 2.87. The molecule has 0 aromatic rings. The zero-order valence-electron chi connectivity index (χ0n) is 7.50. The van der Waals surface area contributed by atoms with Crippen LogP contribution in [-0.2, 0) is 4.84 Å². The lowest BCUT2D eigenvalue weighted by Gasteiger charge is -2.17. The van der Waals surface area contributed by atoms with E-state index in [0.29, 0.717) is 11.8 Å². The Labute approximate surface area is 68.2 Å². The first-order chi connectivity index (χ1) is 5.11. The van der Waals surface area contributed by atoms with Crippen LogP contribution in [0.4, 0.5) is 0 Å². The summed E-state index contributed by atoms with van der Waals surface area (Å²) in [4.78, 5) is 5.20. The molecule has 0 saturated carbocycles. The highest BCUT2D eigenvalue weighted by atomic mass is 16.7.